The van der Waals surface area contributed by atoms with Gasteiger partial charge in [-0.25, -0.2) is 0 Å². The van der Waals surface area contributed by atoms with Crippen LogP contribution in [0.5, 0.6) is 0 Å². The molecule has 0 fully saturated rings. The molecule has 2 nitrogen and oxygen atoms in total. The molecule has 1 aliphatic heterocycles. The smallest absolute Gasteiger partial charge is 0.0561 e. The van der Waals surface area contributed by atoms with Crippen LogP contribution in [-0.2, 0) is 0 Å². The van der Waals surface area contributed by atoms with E-state index >= 15 is 0 Å². The van der Waals surface area contributed by atoms with Gasteiger partial charge in [0.15, 0.2) is 0 Å². The quantitative estimate of drug-likeness (QED) is 0.213. The predicted molar refractivity (Wildman–Crippen MR) is 179 cm³/mol. The van der Waals surface area contributed by atoms with Crippen molar-refractivity contribution in [3.05, 3.63) is 170 Å². The fourth-order valence-electron chi connectivity index (χ4n) is 6.77. The molecule has 1 atom stereocenters. The van der Waals surface area contributed by atoms with Gasteiger partial charge in [-0.05, 0) is 75.4 Å². The number of rotatable bonds is 2. The van der Waals surface area contributed by atoms with Crippen LogP contribution >= 0.6 is 0 Å². The lowest BCUT2D eigenvalue weighted by Crippen LogP contribution is -2.13. The van der Waals surface area contributed by atoms with Gasteiger partial charge in [-0.15, -0.1) is 0 Å². The first kappa shape index (κ1) is 24.5. The first-order valence-corrected chi connectivity index (χ1v) is 14.5. The number of nitrogens with zero attached hydrogens (tertiary/aromatic N) is 2. The monoisotopic (exact) mass is 538 g/mol. The molecule has 42 heavy (non-hydrogen) atoms. The maximum atomic E-state index is 4.09. The number of allylic oxidation sites excluding steroid dienone is 11. The van der Waals surface area contributed by atoms with Crippen LogP contribution < -0.4 is 0 Å². The SMILES string of the molecule is C=C1/C=C\C=C/N(C2=CCC(n3c4ccccc4c4c5c(ccc43)-c3cccc4cccc-5c34)C=C2)/C=C\C=C/C1=C. The highest BCUT2D eigenvalue weighted by molar-refractivity contribution is 6.26. The Bertz CT molecular complexity index is 2120. The maximum Gasteiger partial charge on any atom is 0.0561 e. The average Bonchev–Trinajstić information content (AvgIpc) is 3.53. The average molecular weight is 539 g/mol. The number of aromatic nitrogens is 1. The summed E-state index contributed by atoms with van der Waals surface area (Å²) in [5.74, 6) is 0. The Hall–Kier alpha value is -5.34. The minimum absolute atomic E-state index is 0.220. The largest absolute Gasteiger partial charge is 0.333 e. The third-order valence-electron chi connectivity index (χ3n) is 8.75. The summed E-state index contributed by atoms with van der Waals surface area (Å²) in [6, 6.07) is 27.2. The molecule has 5 aromatic rings. The van der Waals surface area contributed by atoms with Gasteiger partial charge in [0.25, 0.3) is 0 Å². The topological polar surface area (TPSA) is 8.17 Å². The zero-order valence-electron chi connectivity index (χ0n) is 23.4. The molecule has 0 spiro atoms. The highest BCUT2D eigenvalue weighted by Crippen LogP contribution is 2.52. The van der Waals surface area contributed by atoms with E-state index in [0.29, 0.717) is 0 Å². The van der Waals surface area contributed by atoms with Crippen molar-refractivity contribution >= 4 is 32.6 Å². The normalized spacial score (nSPS) is 20.9. The Morgan fingerprint density at radius 1 is 0.619 bits per heavy atom. The fourth-order valence-corrected chi connectivity index (χ4v) is 6.77. The first-order chi connectivity index (χ1) is 20.7. The molecule has 3 aliphatic rings. The number of hydrogen-bond acceptors (Lipinski definition) is 1. The maximum absolute atomic E-state index is 4.09. The summed E-state index contributed by atoms with van der Waals surface area (Å²) < 4.78 is 2.54. The van der Waals surface area contributed by atoms with Crippen molar-refractivity contribution in [2.45, 2.75) is 12.5 Å². The zero-order chi connectivity index (χ0) is 28.2. The zero-order valence-corrected chi connectivity index (χ0v) is 23.4. The lowest BCUT2D eigenvalue weighted by atomic mass is 9.98. The van der Waals surface area contributed by atoms with Crippen molar-refractivity contribution in [2.24, 2.45) is 0 Å². The van der Waals surface area contributed by atoms with Gasteiger partial charge in [0, 0.05) is 39.9 Å². The van der Waals surface area contributed by atoms with E-state index in [4.69, 9.17) is 0 Å². The van der Waals surface area contributed by atoms with Gasteiger partial charge in [-0.2, -0.15) is 0 Å². The van der Waals surface area contributed by atoms with E-state index in [1.165, 1.54) is 54.8 Å². The predicted octanol–water partition coefficient (Wildman–Crippen LogP) is 10.5. The van der Waals surface area contributed by atoms with Gasteiger partial charge in [0.2, 0.25) is 0 Å². The highest BCUT2D eigenvalue weighted by atomic mass is 15.1. The molecule has 2 heterocycles. The lowest BCUT2D eigenvalue weighted by Gasteiger charge is -2.24. The van der Waals surface area contributed by atoms with Crippen LogP contribution in [0.15, 0.2) is 170 Å². The number of fused-ring (bicyclic) bond motifs is 7. The van der Waals surface area contributed by atoms with Crippen molar-refractivity contribution in [3.63, 3.8) is 0 Å². The van der Waals surface area contributed by atoms with Crippen LogP contribution in [0.4, 0.5) is 0 Å². The summed E-state index contributed by atoms with van der Waals surface area (Å²) in [7, 11) is 0. The second kappa shape index (κ2) is 9.64. The summed E-state index contributed by atoms with van der Waals surface area (Å²) in [6.07, 6.45) is 24.1. The van der Waals surface area contributed by atoms with Crippen LogP contribution in [0.1, 0.15) is 12.5 Å². The summed E-state index contributed by atoms with van der Waals surface area (Å²) in [5, 5.41) is 5.35. The molecule has 0 saturated carbocycles. The van der Waals surface area contributed by atoms with Crippen molar-refractivity contribution in [1.82, 2.24) is 9.47 Å². The minimum Gasteiger partial charge on any atom is -0.333 e. The van der Waals surface area contributed by atoms with E-state index in [0.717, 1.165) is 23.3 Å². The van der Waals surface area contributed by atoms with Crippen LogP contribution in [0.3, 0.4) is 0 Å². The standard InChI is InChI=1S/C40H30N2/c1-27-11-5-7-25-41(26-8-6-12-28(27)2)30-19-21-31(22-20-30)42-36-18-4-3-15-34(36)40-37(42)24-23-33-32-16-9-13-29-14-10-17-35(38(29)32)39(33)40/h3-21,23-26,31H,1-2,22H2/b11-5-,12-6-,25-7-,26-8-. The van der Waals surface area contributed by atoms with Crippen LogP contribution in [0.2, 0.25) is 0 Å². The fraction of sp³-hybridized carbons (Fsp3) is 0.0500. The van der Waals surface area contributed by atoms with Crippen molar-refractivity contribution < 1.29 is 0 Å². The molecular formula is C40H30N2. The molecule has 200 valence electrons. The first-order valence-electron chi connectivity index (χ1n) is 14.5. The molecular weight excluding hydrogens is 508 g/mol. The van der Waals surface area contributed by atoms with E-state index in [1.807, 2.05) is 36.5 Å². The second-order valence-corrected chi connectivity index (χ2v) is 11.1. The molecule has 2 heteroatoms. The van der Waals surface area contributed by atoms with Crippen LogP contribution in [-0.4, -0.2) is 9.47 Å². The van der Waals surface area contributed by atoms with Crippen molar-refractivity contribution in [3.8, 4) is 22.3 Å². The van der Waals surface area contributed by atoms with Gasteiger partial charge in [-0.1, -0.05) is 110 Å². The Morgan fingerprint density at radius 3 is 2.10 bits per heavy atom. The Labute approximate surface area is 246 Å². The molecule has 0 bridgehead atoms. The van der Waals surface area contributed by atoms with Gasteiger partial charge >= 0.3 is 0 Å². The second-order valence-electron chi connectivity index (χ2n) is 11.1. The van der Waals surface area contributed by atoms with Gasteiger partial charge in [0.1, 0.15) is 0 Å². The lowest BCUT2D eigenvalue weighted by molar-refractivity contribution is 0.596. The molecule has 0 radical (unpaired) electrons. The van der Waals surface area contributed by atoms with Crippen LogP contribution in [0.25, 0.3) is 54.8 Å². The Morgan fingerprint density at radius 2 is 1.36 bits per heavy atom. The van der Waals surface area contributed by atoms with E-state index in [-0.39, 0.29) is 6.04 Å². The van der Waals surface area contributed by atoms with Crippen molar-refractivity contribution in [2.75, 3.05) is 0 Å². The van der Waals surface area contributed by atoms with Gasteiger partial charge in [-0.3, -0.25) is 0 Å². The third kappa shape index (κ3) is 3.73. The van der Waals surface area contributed by atoms with E-state index in [1.54, 1.807) is 0 Å². The van der Waals surface area contributed by atoms with Crippen molar-refractivity contribution in [1.29, 1.82) is 0 Å². The Balaban J connectivity index is 1.22. The van der Waals surface area contributed by atoms with Gasteiger partial charge in [0.05, 0.1) is 11.6 Å². The summed E-state index contributed by atoms with van der Waals surface area (Å²) in [4.78, 5) is 2.16. The summed E-state index contributed by atoms with van der Waals surface area (Å²) in [5.41, 5.74) is 10.9. The molecule has 1 aromatic heterocycles. The minimum atomic E-state index is 0.220. The molecule has 4 aromatic carbocycles. The molecule has 0 N–H and O–H groups in total. The number of benzene rings is 4. The highest BCUT2D eigenvalue weighted by Gasteiger charge is 2.27. The van der Waals surface area contributed by atoms with E-state index < -0.39 is 0 Å². The number of hydrogen-bond donors (Lipinski definition) is 0. The molecule has 1 unspecified atom stereocenters. The molecule has 0 amide bonds. The van der Waals surface area contributed by atoms with Crippen LogP contribution in [0, 0.1) is 0 Å². The summed E-state index contributed by atoms with van der Waals surface area (Å²) in [6.45, 7) is 8.18. The summed E-state index contributed by atoms with van der Waals surface area (Å²) >= 11 is 0. The molecule has 0 saturated heterocycles. The Kier molecular flexibility index (Phi) is 5.61. The molecule has 2 aliphatic carbocycles. The molecule has 8 rings (SSSR count). The van der Waals surface area contributed by atoms with Gasteiger partial charge < -0.3 is 9.47 Å². The third-order valence-corrected chi connectivity index (χ3v) is 8.75. The van der Waals surface area contributed by atoms with E-state index in [2.05, 4.69) is 126 Å². The number of para-hydroxylation sites is 1. The van der Waals surface area contributed by atoms with E-state index in [9.17, 15) is 0 Å².